The number of aliphatic hydroxyl groups excluding tert-OH is 1. The molecule has 1 aromatic carbocycles. The van der Waals surface area contributed by atoms with E-state index >= 15 is 0 Å². The molecule has 0 saturated carbocycles. The summed E-state index contributed by atoms with van der Waals surface area (Å²) in [6.07, 6.45) is 1.23. The molecule has 1 unspecified atom stereocenters. The van der Waals surface area contributed by atoms with Crippen LogP contribution in [0.2, 0.25) is 0 Å². The van der Waals surface area contributed by atoms with Crippen molar-refractivity contribution in [2.75, 3.05) is 11.9 Å². The van der Waals surface area contributed by atoms with Gasteiger partial charge in [0.05, 0.1) is 11.0 Å². The lowest BCUT2D eigenvalue weighted by atomic mass is 10.2. The smallest absolute Gasteiger partial charge is 0.271 e. The Morgan fingerprint density at radius 2 is 2.31 bits per heavy atom. The van der Waals surface area contributed by atoms with Gasteiger partial charge in [0.2, 0.25) is 0 Å². The lowest BCUT2D eigenvalue weighted by molar-refractivity contribution is -0.384. The number of benzene rings is 1. The first-order valence-corrected chi connectivity index (χ1v) is 5.30. The number of nitro benzene ring substituents is 1. The fourth-order valence-electron chi connectivity index (χ4n) is 1.40. The summed E-state index contributed by atoms with van der Waals surface area (Å²) in [5.41, 5.74) is 0.708. The van der Waals surface area contributed by atoms with Gasteiger partial charge in [-0.2, -0.15) is 0 Å². The quantitative estimate of drug-likeness (QED) is 0.573. The van der Waals surface area contributed by atoms with Crippen LogP contribution in [0.25, 0.3) is 0 Å². The molecule has 1 aromatic rings. The third kappa shape index (κ3) is 3.86. The van der Waals surface area contributed by atoms with Crippen molar-refractivity contribution < 1.29 is 10.0 Å². The molecule has 88 valence electrons. The van der Waals surface area contributed by atoms with Crippen LogP contribution >= 0.6 is 0 Å². The normalized spacial score (nSPS) is 12.1. The van der Waals surface area contributed by atoms with E-state index in [0.717, 1.165) is 12.8 Å². The molecule has 0 bridgehead atoms. The molecule has 2 N–H and O–H groups in total. The molecule has 0 aliphatic rings. The fraction of sp³-hybridized carbons (Fsp3) is 0.455. The average molecular weight is 224 g/mol. The first-order valence-electron chi connectivity index (χ1n) is 5.30. The first kappa shape index (κ1) is 12.4. The van der Waals surface area contributed by atoms with Crippen LogP contribution in [-0.4, -0.2) is 22.7 Å². The maximum Gasteiger partial charge on any atom is 0.271 e. The Morgan fingerprint density at radius 3 is 2.94 bits per heavy atom. The second-order valence-corrected chi connectivity index (χ2v) is 3.63. The lowest BCUT2D eigenvalue weighted by Gasteiger charge is -2.11. The van der Waals surface area contributed by atoms with Crippen molar-refractivity contribution in [2.45, 2.75) is 25.9 Å². The third-order valence-electron chi connectivity index (χ3n) is 2.22. The van der Waals surface area contributed by atoms with Gasteiger partial charge in [-0.05, 0) is 12.5 Å². The predicted molar refractivity (Wildman–Crippen MR) is 62.5 cm³/mol. The molecule has 0 aliphatic heterocycles. The van der Waals surface area contributed by atoms with E-state index in [0.29, 0.717) is 12.2 Å². The standard InChI is InChI=1S/C11H16N2O3/c1-2-4-11(14)8-12-9-5-3-6-10(7-9)13(15)16/h3,5-7,11-12,14H,2,4,8H2,1H3. The zero-order valence-electron chi connectivity index (χ0n) is 9.22. The Kier molecular flexibility index (Phi) is 4.72. The Morgan fingerprint density at radius 1 is 1.56 bits per heavy atom. The van der Waals surface area contributed by atoms with Gasteiger partial charge < -0.3 is 10.4 Å². The van der Waals surface area contributed by atoms with Crippen molar-refractivity contribution >= 4 is 11.4 Å². The van der Waals surface area contributed by atoms with E-state index in [-0.39, 0.29) is 5.69 Å². The van der Waals surface area contributed by atoms with Crippen LogP contribution in [0.15, 0.2) is 24.3 Å². The maximum absolute atomic E-state index is 10.5. The molecular weight excluding hydrogens is 208 g/mol. The van der Waals surface area contributed by atoms with Gasteiger partial charge in [-0.15, -0.1) is 0 Å². The van der Waals surface area contributed by atoms with Crippen LogP contribution < -0.4 is 5.32 Å². The minimum Gasteiger partial charge on any atom is -0.391 e. The first-order chi connectivity index (χ1) is 7.63. The Balaban J connectivity index is 2.54. The summed E-state index contributed by atoms with van der Waals surface area (Å²) in [5.74, 6) is 0. The highest BCUT2D eigenvalue weighted by atomic mass is 16.6. The lowest BCUT2D eigenvalue weighted by Crippen LogP contribution is -2.18. The molecule has 0 fully saturated rings. The van der Waals surface area contributed by atoms with Gasteiger partial charge in [-0.3, -0.25) is 10.1 Å². The summed E-state index contributed by atoms with van der Waals surface area (Å²) < 4.78 is 0. The molecule has 0 spiro atoms. The van der Waals surface area contributed by atoms with E-state index in [9.17, 15) is 15.2 Å². The SMILES string of the molecule is CCCC(O)CNc1cccc([N+](=O)[O-])c1. The van der Waals surface area contributed by atoms with Crippen molar-refractivity contribution in [3.8, 4) is 0 Å². The summed E-state index contributed by atoms with van der Waals surface area (Å²) in [5, 5.41) is 23.0. The molecule has 1 atom stereocenters. The predicted octanol–water partition coefficient (Wildman–Crippen LogP) is 2.17. The van der Waals surface area contributed by atoms with E-state index in [1.165, 1.54) is 12.1 Å². The largest absolute Gasteiger partial charge is 0.391 e. The van der Waals surface area contributed by atoms with Crippen LogP contribution in [-0.2, 0) is 0 Å². The van der Waals surface area contributed by atoms with Gasteiger partial charge in [-0.1, -0.05) is 19.4 Å². The summed E-state index contributed by atoms with van der Waals surface area (Å²) in [4.78, 5) is 10.1. The minimum atomic E-state index is -0.437. The molecule has 0 saturated heterocycles. The van der Waals surface area contributed by atoms with E-state index < -0.39 is 11.0 Å². The summed E-state index contributed by atoms with van der Waals surface area (Å²) in [6, 6.07) is 6.25. The molecule has 16 heavy (non-hydrogen) atoms. The molecule has 0 aliphatic carbocycles. The summed E-state index contributed by atoms with van der Waals surface area (Å²) in [7, 11) is 0. The third-order valence-corrected chi connectivity index (χ3v) is 2.22. The van der Waals surface area contributed by atoms with E-state index in [4.69, 9.17) is 0 Å². The Bertz CT molecular complexity index is 355. The van der Waals surface area contributed by atoms with E-state index in [1.807, 2.05) is 6.92 Å². The fourth-order valence-corrected chi connectivity index (χ4v) is 1.40. The van der Waals surface area contributed by atoms with Crippen molar-refractivity contribution in [3.63, 3.8) is 0 Å². The number of nitro groups is 1. The molecule has 5 heteroatoms. The molecule has 5 nitrogen and oxygen atoms in total. The van der Waals surface area contributed by atoms with Crippen molar-refractivity contribution in [3.05, 3.63) is 34.4 Å². The number of anilines is 1. The van der Waals surface area contributed by atoms with Crippen LogP contribution in [0, 0.1) is 10.1 Å². The highest BCUT2D eigenvalue weighted by molar-refractivity contribution is 5.50. The second kappa shape index (κ2) is 6.07. The van der Waals surface area contributed by atoms with Crippen LogP contribution in [0.4, 0.5) is 11.4 Å². The number of aliphatic hydroxyl groups is 1. The molecular formula is C11H16N2O3. The Hall–Kier alpha value is -1.62. The molecule has 0 aromatic heterocycles. The number of hydrogen-bond acceptors (Lipinski definition) is 4. The summed E-state index contributed by atoms with van der Waals surface area (Å²) in [6.45, 7) is 2.41. The number of rotatable bonds is 6. The highest BCUT2D eigenvalue weighted by Gasteiger charge is 2.06. The molecule has 0 heterocycles. The van der Waals surface area contributed by atoms with Crippen LogP contribution in [0.3, 0.4) is 0 Å². The summed E-state index contributed by atoms with van der Waals surface area (Å²) >= 11 is 0. The monoisotopic (exact) mass is 224 g/mol. The van der Waals surface area contributed by atoms with Crippen molar-refractivity contribution in [1.29, 1.82) is 0 Å². The zero-order chi connectivity index (χ0) is 12.0. The number of nitrogens with one attached hydrogen (secondary N) is 1. The van der Waals surface area contributed by atoms with Crippen molar-refractivity contribution in [1.82, 2.24) is 0 Å². The van der Waals surface area contributed by atoms with E-state index in [1.54, 1.807) is 12.1 Å². The van der Waals surface area contributed by atoms with Crippen LogP contribution in [0.5, 0.6) is 0 Å². The molecule has 0 amide bonds. The van der Waals surface area contributed by atoms with Gasteiger partial charge >= 0.3 is 0 Å². The van der Waals surface area contributed by atoms with Gasteiger partial charge in [0.1, 0.15) is 0 Å². The number of nitrogens with zero attached hydrogens (tertiary/aromatic N) is 1. The van der Waals surface area contributed by atoms with Gasteiger partial charge in [-0.25, -0.2) is 0 Å². The Labute approximate surface area is 94.3 Å². The second-order valence-electron chi connectivity index (χ2n) is 3.63. The maximum atomic E-state index is 10.5. The average Bonchev–Trinajstić information content (AvgIpc) is 2.27. The van der Waals surface area contributed by atoms with Gasteiger partial charge in [0.25, 0.3) is 5.69 Å². The van der Waals surface area contributed by atoms with Crippen molar-refractivity contribution in [2.24, 2.45) is 0 Å². The number of non-ortho nitro benzene ring substituents is 1. The number of hydrogen-bond donors (Lipinski definition) is 2. The van der Waals surface area contributed by atoms with Gasteiger partial charge in [0.15, 0.2) is 0 Å². The van der Waals surface area contributed by atoms with Gasteiger partial charge in [0, 0.05) is 24.4 Å². The van der Waals surface area contributed by atoms with Crippen LogP contribution in [0.1, 0.15) is 19.8 Å². The minimum absolute atomic E-state index is 0.0509. The topological polar surface area (TPSA) is 75.4 Å². The molecule has 1 rings (SSSR count). The van der Waals surface area contributed by atoms with E-state index in [2.05, 4.69) is 5.32 Å². The zero-order valence-corrected chi connectivity index (χ0v) is 9.22. The highest BCUT2D eigenvalue weighted by Crippen LogP contribution is 2.16. The molecule has 0 radical (unpaired) electrons.